The van der Waals surface area contributed by atoms with Crippen LogP contribution in [0.2, 0.25) is 0 Å². The third-order valence-corrected chi connectivity index (χ3v) is 4.79. The molecule has 4 N–H and O–H groups in total. The first-order valence-electron chi connectivity index (χ1n) is 7.94. The molecular formula is C16H26N4O4S2. The fraction of sp³-hybridized carbons (Fsp3) is 0.500. The van der Waals surface area contributed by atoms with Crippen molar-refractivity contribution in [3.05, 3.63) is 29.8 Å². The van der Waals surface area contributed by atoms with Crippen molar-refractivity contribution in [1.82, 2.24) is 20.9 Å². The first kappa shape index (κ1) is 22.3. The third kappa shape index (κ3) is 7.65. The Kier molecular flexibility index (Phi) is 7.94. The summed E-state index contributed by atoms with van der Waals surface area (Å²) in [6.45, 7) is 7.76. The van der Waals surface area contributed by atoms with Crippen LogP contribution < -0.4 is 20.9 Å². The van der Waals surface area contributed by atoms with Gasteiger partial charge in [-0.25, -0.2) is 13.1 Å². The Morgan fingerprint density at radius 1 is 1.19 bits per heavy atom. The number of thiocarbonyl (C=S) groups is 1. The van der Waals surface area contributed by atoms with E-state index in [0.29, 0.717) is 5.56 Å². The van der Waals surface area contributed by atoms with E-state index in [1.165, 1.54) is 31.4 Å². The van der Waals surface area contributed by atoms with Gasteiger partial charge in [0, 0.05) is 24.3 Å². The van der Waals surface area contributed by atoms with E-state index in [2.05, 4.69) is 20.9 Å². The smallest absolute Gasteiger partial charge is 0.269 e. The molecule has 1 amide bonds. The monoisotopic (exact) mass is 402 g/mol. The summed E-state index contributed by atoms with van der Waals surface area (Å²) in [6, 6.07) is 5.21. The van der Waals surface area contributed by atoms with Crippen molar-refractivity contribution in [3.8, 4) is 0 Å². The zero-order chi connectivity index (χ0) is 20.0. The van der Waals surface area contributed by atoms with Crippen molar-refractivity contribution in [2.24, 2.45) is 0 Å². The number of hydrogen-bond acceptors (Lipinski definition) is 5. The molecule has 146 valence electrons. The summed E-state index contributed by atoms with van der Waals surface area (Å²) < 4.78 is 31.9. The molecule has 0 radical (unpaired) electrons. The summed E-state index contributed by atoms with van der Waals surface area (Å²) in [6.07, 6.45) is 0. The summed E-state index contributed by atoms with van der Waals surface area (Å²) in [7, 11) is -2.18. The van der Waals surface area contributed by atoms with Gasteiger partial charge in [-0.3, -0.25) is 15.6 Å². The third-order valence-electron chi connectivity index (χ3n) is 2.98. The summed E-state index contributed by atoms with van der Waals surface area (Å²) in [4.78, 5) is 12.2. The van der Waals surface area contributed by atoms with Gasteiger partial charge in [0.1, 0.15) is 0 Å². The minimum absolute atomic E-state index is 0.0647. The molecule has 26 heavy (non-hydrogen) atoms. The Labute approximate surface area is 160 Å². The van der Waals surface area contributed by atoms with Crippen molar-refractivity contribution in [3.63, 3.8) is 0 Å². The van der Waals surface area contributed by atoms with Gasteiger partial charge in [-0.2, -0.15) is 0 Å². The highest BCUT2D eigenvalue weighted by atomic mass is 32.2. The molecule has 8 nitrogen and oxygen atoms in total. The molecule has 1 atom stereocenters. The van der Waals surface area contributed by atoms with E-state index in [-0.39, 0.29) is 28.2 Å². The fourth-order valence-corrected chi connectivity index (χ4v) is 3.55. The normalized spacial score (nSPS) is 13.0. The lowest BCUT2D eigenvalue weighted by Crippen LogP contribution is -2.52. The minimum atomic E-state index is -3.68. The second-order valence-electron chi connectivity index (χ2n) is 6.79. The van der Waals surface area contributed by atoms with Crippen LogP contribution in [-0.2, 0) is 14.8 Å². The largest absolute Gasteiger partial charge is 0.383 e. The molecule has 0 saturated carbocycles. The topological polar surface area (TPSA) is 109 Å². The number of hydrazine groups is 1. The van der Waals surface area contributed by atoms with Crippen LogP contribution in [0.15, 0.2) is 29.2 Å². The van der Waals surface area contributed by atoms with Crippen molar-refractivity contribution >= 4 is 33.3 Å². The van der Waals surface area contributed by atoms with Gasteiger partial charge in [-0.05, 0) is 64.2 Å². The fourth-order valence-electron chi connectivity index (χ4n) is 1.96. The number of ether oxygens (including phenoxy) is 1. The number of methoxy groups -OCH3 is 1. The highest BCUT2D eigenvalue weighted by Gasteiger charge is 2.18. The molecule has 0 saturated heterocycles. The van der Waals surface area contributed by atoms with Crippen molar-refractivity contribution in [2.75, 3.05) is 13.7 Å². The summed E-state index contributed by atoms with van der Waals surface area (Å²) in [5.41, 5.74) is 5.11. The quantitative estimate of drug-likeness (QED) is 0.414. The highest BCUT2D eigenvalue weighted by Crippen LogP contribution is 2.11. The van der Waals surface area contributed by atoms with Gasteiger partial charge in [-0.15, -0.1) is 0 Å². The molecule has 1 aromatic rings. The Morgan fingerprint density at radius 3 is 2.27 bits per heavy atom. The van der Waals surface area contributed by atoms with Crippen LogP contribution in [0.1, 0.15) is 38.1 Å². The molecule has 0 bridgehead atoms. The number of hydrogen-bond donors (Lipinski definition) is 4. The molecule has 0 aromatic heterocycles. The van der Waals surface area contributed by atoms with Gasteiger partial charge in [-0.1, -0.05) is 0 Å². The lowest BCUT2D eigenvalue weighted by atomic mass is 10.1. The molecule has 0 aliphatic rings. The average Bonchev–Trinajstić information content (AvgIpc) is 2.51. The number of benzene rings is 1. The van der Waals surface area contributed by atoms with Gasteiger partial charge in [0.2, 0.25) is 10.0 Å². The molecule has 0 unspecified atom stereocenters. The Bertz CT molecular complexity index is 728. The maximum atomic E-state index is 12.2. The molecule has 10 heteroatoms. The Balaban J connectivity index is 2.69. The Morgan fingerprint density at radius 2 is 1.77 bits per heavy atom. The van der Waals surface area contributed by atoms with Gasteiger partial charge in [0.05, 0.1) is 11.5 Å². The van der Waals surface area contributed by atoms with Crippen LogP contribution in [0.25, 0.3) is 0 Å². The zero-order valence-electron chi connectivity index (χ0n) is 15.5. The number of carbonyl (C=O) groups is 1. The maximum Gasteiger partial charge on any atom is 0.269 e. The zero-order valence-corrected chi connectivity index (χ0v) is 17.2. The number of nitrogens with one attached hydrogen (secondary N) is 4. The molecule has 0 heterocycles. The first-order chi connectivity index (χ1) is 11.9. The van der Waals surface area contributed by atoms with E-state index in [0.717, 1.165) is 0 Å². The summed E-state index contributed by atoms with van der Waals surface area (Å²) >= 11 is 5.07. The standard InChI is InChI=1S/C16H26N4O4S2/c1-11(10-24-5)20-26(22,23)13-8-6-12(7-9-13)14(21)18-19-15(25)17-16(2,3)4/h6-9,11,20H,10H2,1-5H3,(H,18,21)(H2,17,19,25)/t11-/m0/s1. The lowest BCUT2D eigenvalue weighted by Gasteiger charge is -2.23. The van der Waals surface area contributed by atoms with Crippen molar-refractivity contribution in [1.29, 1.82) is 0 Å². The second kappa shape index (κ2) is 9.26. The molecule has 1 aromatic carbocycles. The predicted octanol–water partition coefficient (Wildman–Crippen LogP) is 0.907. The lowest BCUT2D eigenvalue weighted by molar-refractivity contribution is 0.0943. The summed E-state index contributed by atoms with van der Waals surface area (Å²) in [5.74, 6) is -0.437. The van der Waals surface area contributed by atoms with E-state index in [1.54, 1.807) is 6.92 Å². The molecule has 0 spiro atoms. The van der Waals surface area contributed by atoms with Crippen LogP contribution in [0.4, 0.5) is 0 Å². The van der Waals surface area contributed by atoms with E-state index < -0.39 is 15.9 Å². The Hall–Kier alpha value is -1.75. The van der Waals surface area contributed by atoms with Crippen LogP contribution in [0.3, 0.4) is 0 Å². The number of amides is 1. The maximum absolute atomic E-state index is 12.2. The first-order valence-corrected chi connectivity index (χ1v) is 9.83. The number of sulfonamides is 1. The van der Waals surface area contributed by atoms with Gasteiger partial charge < -0.3 is 10.1 Å². The van der Waals surface area contributed by atoms with E-state index in [1.807, 2.05) is 20.8 Å². The van der Waals surface area contributed by atoms with Crippen LogP contribution in [0.5, 0.6) is 0 Å². The number of rotatable bonds is 6. The molecule has 0 fully saturated rings. The van der Waals surface area contributed by atoms with E-state index >= 15 is 0 Å². The van der Waals surface area contributed by atoms with Crippen molar-refractivity contribution in [2.45, 2.75) is 44.2 Å². The average molecular weight is 403 g/mol. The van der Waals surface area contributed by atoms with Crippen molar-refractivity contribution < 1.29 is 17.9 Å². The molecule has 0 aliphatic heterocycles. The highest BCUT2D eigenvalue weighted by molar-refractivity contribution is 7.89. The summed E-state index contributed by atoms with van der Waals surface area (Å²) in [5, 5.41) is 3.27. The molecular weight excluding hydrogens is 376 g/mol. The van der Waals surface area contributed by atoms with E-state index in [9.17, 15) is 13.2 Å². The molecule has 1 rings (SSSR count). The van der Waals surface area contributed by atoms with E-state index in [4.69, 9.17) is 17.0 Å². The second-order valence-corrected chi connectivity index (χ2v) is 8.91. The van der Waals surface area contributed by atoms with Gasteiger partial charge in [0.15, 0.2) is 5.11 Å². The number of carbonyl (C=O) groups excluding carboxylic acids is 1. The molecule has 0 aliphatic carbocycles. The van der Waals surface area contributed by atoms with Crippen LogP contribution >= 0.6 is 12.2 Å². The van der Waals surface area contributed by atoms with Gasteiger partial charge >= 0.3 is 0 Å². The van der Waals surface area contributed by atoms with Gasteiger partial charge in [0.25, 0.3) is 5.91 Å². The predicted molar refractivity (Wildman–Crippen MR) is 104 cm³/mol. The van der Waals surface area contributed by atoms with Crippen LogP contribution in [0, 0.1) is 0 Å². The van der Waals surface area contributed by atoms with Crippen LogP contribution in [-0.4, -0.2) is 44.7 Å². The SMILES string of the molecule is COC[C@H](C)NS(=O)(=O)c1ccc(C(=O)NNC(=S)NC(C)(C)C)cc1. The minimum Gasteiger partial charge on any atom is -0.383 e.